The van der Waals surface area contributed by atoms with E-state index in [1.807, 2.05) is 13.1 Å². The molecule has 1 N–H and O–H groups in total. The van der Waals surface area contributed by atoms with Crippen LogP contribution >= 0.6 is 0 Å². The molecule has 0 fully saturated rings. The minimum atomic E-state index is -3.60. The van der Waals surface area contributed by atoms with Gasteiger partial charge in [0.15, 0.2) is 5.65 Å². The zero-order valence-electron chi connectivity index (χ0n) is 14.2. The molecule has 0 saturated heterocycles. The molecule has 1 aliphatic heterocycles. The summed E-state index contributed by atoms with van der Waals surface area (Å²) in [5.74, 6) is 1.33. The monoisotopic (exact) mass is 360 g/mol. The number of sulfonamides is 1. The molecule has 0 aliphatic carbocycles. The molecule has 0 spiro atoms. The van der Waals surface area contributed by atoms with Gasteiger partial charge in [-0.3, -0.25) is 4.68 Å². The molecule has 0 unspecified atom stereocenters. The van der Waals surface area contributed by atoms with Gasteiger partial charge in [-0.2, -0.15) is 5.10 Å². The summed E-state index contributed by atoms with van der Waals surface area (Å²) < 4.78 is 31.7. The number of imidazole rings is 1. The van der Waals surface area contributed by atoms with Crippen molar-refractivity contribution in [3.8, 4) is 0 Å². The van der Waals surface area contributed by atoms with Crippen molar-refractivity contribution in [1.82, 2.24) is 29.0 Å². The molecule has 0 radical (unpaired) electrons. The molecule has 1 aliphatic rings. The summed E-state index contributed by atoms with van der Waals surface area (Å²) in [4.78, 5) is 8.73. The average molecular weight is 360 g/mol. The SMILES string of the molecule is Cc1nn(C)c2ncc(S(=O)(=O)NC[C@@H]3CCc4nccn4C3)cc12. The highest BCUT2D eigenvalue weighted by molar-refractivity contribution is 7.89. The standard InChI is InChI=1S/C16H20N6O2S/c1-11-14-7-13(9-18-16(14)21(2)20-11)25(23,24)19-8-12-3-4-15-17-5-6-22(15)10-12/h5-7,9,12,19H,3-4,8,10H2,1-2H3/t12-/m0/s1. The molecular formula is C16H20N6O2S. The third kappa shape index (κ3) is 2.93. The Hall–Kier alpha value is -2.26. The summed E-state index contributed by atoms with van der Waals surface area (Å²) in [6.07, 6.45) is 6.93. The Bertz CT molecular complexity index is 1040. The number of hydrogen-bond acceptors (Lipinski definition) is 5. The van der Waals surface area contributed by atoms with Crippen LogP contribution in [0.15, 0.2) is 29.6 Å². The van der Waals surface area contributed by atoms with Crippen LogP contribution in [0.2, 0.25) is 0 Å². The van der Waals surface area contributed by atoms with Gasteiger partial charge in [0.05, 0.1) is 5.69 Å². The quantitative estimate of drug-likeness (QED) is 0.749. The average Bonchev–Trinajstić information content (AvgIpc) is 3.17. The minimum absolute atomic E-state index is 0.176. The fourth-order valence-electron chi connectivity index (χ4n) is 3.35. The van der Waals surface area contributed by atoms with Gasteiger partial charge in [-0.05, 0) is 25.3 Å². The fourth-order valence-corrected chi connectivity index (χ4v) is 4.44. The molecule has 4 rings (SSSR count). The van der Waals surface area contributed by atoms with Crippen LogP contribution in [0.3, 0.4) is 0 Å². The Morgan fingerprint density at radius 1 is 1.36 bits per heavy atom. The summed E-state index contributed by atoms with van der Waals surface area (Å²) in [5, 5.41) is 5.03. The molecule has 0 amide bonds. The van der Waals surface area contributed by atoms with Gasteiger partial charge in [0, 0.05) is 50.5 Å². The molecule has 25 heavy (non-hydrogen) atoms. The molecule has 0 aromatic carbocycles. The van der Waals surface area contributed by atoms with E-state index in [1.165, 1.54) is 6.20 Å². The topological polar surface area (TPSA) is 94.7 Å². The lowest BCUT2D eigenvalue weighted by Crippen LogP contribution is -2.33. The van der Waals surface area contributed by atoms with Gasteiger partial charge in [0.25, 0.3) is 0 Å². The van der Waals surface area contributed by atoms with Crippen molar-refractivity contribution in [2.45, 2.75) is 31.2 Å². The second-order valence-electron chi connectivity index (χ2n) is 6.50. The normalized spacial score (nSPS) is 17.8. The van der Waals surface area contributed by atoms with Gasteiger partial charge in [0.2, 0.25) is 10.0 Å². The molecule has 0 bridgehead atoms. The second kappa shape index (κ2) is 5.92. The fraction of sp³-hybridized carbons (Fsp3) is 0.438. The van der Waals surface area contributed by atoms with E-state index in [0.29, 0.717) is 12.2 Å². The van der Waals surface area contributed by atoms with Crippen molar-refractivity contribution in [3.63, 3.8) is 0 Å². The highest BCUT2D eigenvalue weighted by Gasteiger charge is 2.22. The zero-order chi connectivity index (χ0) is 17.6. The Kier molecular flexibility index (Phi) is 3.84. The number of nitrogens with zero attached hydrogens (tertiary/aromatic N) is 5. The van der Waals surface area contributed by atoms with Crippen LogP contribution in [0.1, 0.15) is 17.9 Å². The van der Waals surface area contributed by atoms with Gasteiger partial charge in [-0.1, -0.05) is 0 Å². The van der Waals surface area contributed by atoms with Crippen LogP contribution in [0.5, 0.6) is 0 Å². The first kappa shape index (κ1) is 16.2. The molecule has 8 nitrogen and oxygen atoms in total. The van der Waals surface area contributed by atoms with E-state index in [-0.39, 0.29) is 10.8 Å². The van der Waals surface area contributed by atoms with Crippen LogP contribution in [0, 0.1) is 12.8 Å². The highest BCUT2D eigenvalue weighted by Crippen LogP contribution is 2.21. The van der Waals surface area contributed by atoms with Crippen molar-refractivity contribution < 1.29 is 8.42 Å². The maximum atomic E-state index is 12.6. The lowest BCUT2D eigenvalue weighted by molar-refractivity contribution is 0.363. The smallest absolute Gasteiger partial charge is 0.242 e. The maximum Gasteiger partial charge on any atom is 0.242 e. The third-order valence-corrected chi connectivity index (χ3v) is 6.13. The molecule has 3 aromatic rings. The summed E-state index contributed by atoms with van der Waals surface area (Å²) in [6, 6.07) is 1.64. The van der Waals surface area contributed by atoms with E-state index in [2.05, 4.69) is 24.4 Å². The molecule has 3 aromatic heterocycles. The second-order valence-corrected chi connectivity index (χ2v) is 8.27. The zero-order valence-corrected chi connectivity index (χ0v) is 15.0. The Labute approximate surface area is 145 Å². The van der Waals surface area contributed by atoms with Gasteiger partial charge >= 0.3 is 0 Å². The number of pyridine rings is 1. The first-order valence-electron chi connectivity index (χ1n) is 8.23. The number of hydrogen-bond donors (Lipinski definition) is 1. The lowest BCUT2D eigenvalue weighted by atomic mass is 10.00. The van der Waals surface area contributed by atoms with E-state index in [0.717, 1.165) is 36.3 Å². The van der Waals surface area contributed by atoms with Crippen LogP contribution < -0.4 is 4.72 Å². The Morgan fingerprint density at radius 2 is 2.20 bits per heavy atom. The maximum absolute atomic E-state index is 12.6. The van der Waals surface area contributed by atoms with Crippen LogP contribution in [0.4, 0.5) is 0 Å². The van der Waals surface area contributed by atoms with Gasteiger partial charge < -0.3 is 4.57 Å². The van der Waals surface area contributed by atoms with E-state index in [4.69, 9.17) is 0 Å². The largest absolute Gasteiger partial charge is 0.335 e. The molecule has 4 heterocycles. The minimum Gasteiger partial charge on any atom is -0.335 e. The summed E-state index contributed by atoms with van der Waals surface area (Å²) >= 11 is 0. The van der Waals surface area contributed by atoms with Crippen LogP contribution in [-0.4, -0.2) is 39.3 Å². The van der Waals surface area contributed by atoms with Crippen LogP contribution in [0.25, 0.3) is 11.0 Å². The predicted molar refractivity (Wildman–Crippen MR) is 92.5 cm³/mol. The number of rotatable bonds is 4. The van der Waals surface area contributed by atoms with E-state index in [1.54, 1.807) is 24.0 Å². The van der Waals surface area contributed by atoms with Crippen molar-refractivity contribution in [3.05, 3.63) is 36.2 Å². The number of fused-ring (bicyclic) bond motifs is 2. The highest BCUT2D eigenvalue weighted by atomic mass is 32.2. The van der Waals surface area contributed by atoms with E-state index in [9.17, 15) is 8.42 Å². The lowest BCUT2D eigenvalue weighted by Gasteiger charge is -2.23. The molecule has 0 saturated carbocycles. The third-order valence-electron chi connectivity index (χ3n) is 4.74. The van der Waals surface area contributed by atoms with Crippen molar-refractivity contribution >= 4 is 21.1 Å². The molecule has 9 heteroatoms. The summed E-state index contributed by atoms with van der Waals surface area (Å²) in [5.41, 5.74) is 1.44. The Morgan fingerprint density at radius 3 is 3.04 bits per heavy atom. The number of aryl methyl sites for hydroxylation is 3. The van der Waals surface area contributed by atoms with E-state index >= 15 is 0 Å². The van der Waals surface area contributed by atoms with Crippen LogP contribution in [-0.2, 0) is 30.0 Å². The van der Waals surface area contributed by atoms with E-state index < -0.39 is 10.0 Å². The van der Waals surface area contributed by atoms with Gasteiger partial charge in [-0.15, -0.1) is 0 Å². The number of nitrogens with one attached hydrogen (secondary N) is 1. The first-order valence-corrected chi connectivity index (χ1v) is 9.71. The summed E-state index contributed by atoms with van der Waals surface area (Å²) in [7, 11) is -1.80. The molecular weight excluding hydrogens is 340 g/mol. The molecule has 1 atom stereocenters. The number of aromatic nitrogens is 5. The van der Waals surface area contributed by atoms with Crippen molar-refractivity contribution in [2.24, 2.45) is 13.0 Å². The Balaban J connectivity index is 1.51. The van der Waals surface area contributed by atoms with Crippen molar-refractivity contribution in [2.75, 3.05) is 6.54 Å². The van der Waals surface area contributed by atoms with Gasteiger partial charge in [0.1, 0.15) is 10.7 Å². The van der Waals surface area contributed by atoms with Gasteiger partial charge in [-0.25, -0.2) is 23.1 Å². The van der Waals surface area contributed by atoms with Crippen molar-refractivity contribution in [1.29, 1.82) is 0 Å². The predicted octanol–water partition coefficient (Wildman–Crippen LogP) is 1.01. The summed E-state index contributed by atoms with van der Waals surface area (Å²) in [6.45, 7) is 3.04. The molecule has 132 valence electrons. The first-order chi connectivity index (χ1) is 11.9.